The molecular weight excluding hydrogens is 328 g/mol. The smallest absolute Gasteiger partial charge is 0.337 e. The van der Waals surface area contributed by atoms with Gasteiger partial charge in [0, 0.05) is 5.56 Å². The van der Waals surface area contributed by atoms with Crippen molar-refractivity contribution in [3.8, 4) is 6.07 Å². The van der Waals surface area contributed by atoms with E-state index < -0.39 is 11.4 Å². The Hall–Kier alpha value is -2.84. The Kier molecular flexibility index (Phi) is 6.51. The van der Waals surface area contributed by atoms with Crippen molar-refractivity contribution in [3.05, 3.63) is 70.2 Å². The van der Waals surface area contributed by atoms with E-state index >= 15 is 0 Å². The average Bonchev–Trinajstić information content (AvgIpc) is 2.56. The largest absolute Gasteiger partial charge is 0.478 e. The summed E-state index contributed by atoms with van der Waals surface area (Å²) >= 11 is 5.94. The molecule has 0 saturated carbocycles. The third kappa shape index (κ3) is 4.83. The number of carboxylic acid groups (broad SMARTS) is 1. The van der Waals surface area contributed by atoms with Crippen LogP contribution in [0.4, 0.5) is 0 Å². The number of rotatable bonds is 3. The molecule has 0 spiro atoms. The maximum Gasteiger partial charge on any atom is 0.337 e. The topological polar surface area (TPSA) is 104 Å². The summed E-state index contributed by atoms with van der Waals surface area (Å²) in [6.07, 6.45) is 0. The van der Waals surface area contributed by atoms with Gasteiger partial charge in [0.15, 0.2) is 0 Å². The Labute approximate surface area is 145 Å². The second-order valence-corrected chi connectivity index (χ2v) is 5.82. The molecule has 0 aliphatic rings. The van der Waals surface area contributed by atoms with Gasteiger partial charge in [-0.2, -0.15) is 5.26 Å². The van der Waals surface area contributed by atoms with E-state index in [1.165, 1.54) is 6.07 Å². The highest BCUT2D eigenvalue weighted by Gasteiger charge is 2.25. The van der Waals surface area contributed by atoms with Gasteiger partial charge in [-0.25, -0.2) is 4.79 Å². The van der Waals surface area contributed by atoms with Crippen LogP contribution >= 0.6 is 11.6 Å². The highest BCUT2D eigenvalue weighted by Crippen LogP contribution is 2.31. The number of nitriles is 1. The number of primary amides is 1. The number of aromatic carboxylic acids is 1. The molecule has 0 bridgehead atoms. The monoisotopic (exact) mass is 344 g/mol. The lowest BCUT2D eigenvalue weighted by atomic mass is 9.85. The zero-order valence-corrected chi connectivity index (χ0v) is 14.0. The van der Waals surface area contributed by atoms with Crippen molar-refractivity contribution < 1.29 is 14.7 Å². The predicted octanol–water partition coefficient (Wildman–Crippen LogP) is 3.62. The highest BCUT2D eigenvalue weighted by atomic mass is 35.5. The van der Waals surface area contributed by atoms with Crippen molar-refractivity contribution in [2.45, 2.75) is 19.3 Å². The summed E-state index contributed by atoms with van der Waals surface area (Å²) in [7, 11) is 0. The zero-order valence-electron chi connectivity index (χ0n) is 13.3. The molecule has 0 heterocycles. The molecule has 124 valence electrons. The number of hydrogen-bond donors (Lipinski definition) is 2. The van der Waals surface area contributed by atoms with Gasteiger partial charge in [-0.3, -0.25) is 4.79 Å². The van der Waals surface area contributed by atoms with Gasteiger partial charge in [0.2, 0.25) is 5.91 Å². The molecule has 0 fully saturated rings. The molecule has 0 unspecified atom stereocenters. The van der Waals surface area contributed by atoms with Crippen molar-refractivity contribution in [1.29, 1.82) is 5.26 Å². The summed E-state index contributed by atoms with van der Waals surface area (Å²) < 4.78 is 0. The number of carbonyl (C=O) groups excluding carboxylic acids is 1. The van der Waals surface area contributed by atoms with Crippen molar-refractivity contribution in [2.24, 2.45) is 5.73 Å². The molecule has 24 heavy (non-hydrogen) atoms. The Balaban J connectivity index is 0.000000272. The van der Waals surface area contributed by atoms with Gasteiger partial charge in [-0.05, 0) is 37.6 Å². The molecule has 0 aliphatic heterocycles. The third-order valence-corrected chi connectivity index (χ3v) is 3.65. The van der Waals surface area contributed by atoms with E-state index in [-0.39, 0.29) is 16.5 Å². The number of halogens is 1. The Bertz CT molecular complexity index is 781. The summed E-state index contributed by atoms with van der Waals surface area (Å²) in [5.41, 5.74) is 5.30. The minimum atomic E-state index is -1.09. The lowest BCUT2D eigenvalue weighted by Gasteiger charge is -2.18. The van der Waals surface area contributed by atoms with Gasteiger partial charge >= 0.3 is 5.97 Å². The average molecular weight is 345 g/mol. The molecule has 2 rings (SSSR count). The SMILES string of the molecule is CC(C)(C#N)c1cccc(C(=O)O)c1Cl.NC(=O)c1ccccc1. The highest BCUT2D eigenvalue weighted by molar-refractivity contribution is 6.34. The Morgan fingerprint density at radius 1 is 1.12 bits per heavy atom. The molecule has 0 aliphatic carbocycles. The number of carboxylic acids is 1. The van der Waals surface area contributed by atoms with E-state index in [2.05, 4.69) is 6.07 Å². The normalized spacial score (nSPS) is 10.1. The first-order valence-corrected chi connectivity index (χ1v) is 7.37. The van der Waals surface area contributed by atoms with Gasteiger partial charge in [-0.1, -0.05) is 41.9 Å². The summed E-state index contributed by atoms with van der Waals surface area (Å²) in [6, 6.07) is 15.5. The summed E-state index contributed by atoms with van der Waals surface area (Å²) in [6.45, 7) is 3.39. The van der Waals surface area contributed by atoms with Gasteiger partial charge in [0.05, 0.1) is 22.1 Å². The van der Waals surface area contributed by atoms with Gasteiger partial charge in [0.1, 0.15) is 0 Å². The van der Waals surface area contributed by atoms with E-state index in [1.807, 2.05) is 6.07 Å². The van der Waals surface area contributed by atoms with E-state index in [4.69, 9.17) is 27.7 Å². The number of nitrogens with zero attached hydrogens (tertiary/aromatic N) is 1. The van der Waals surface area contributed by atoms with Crippen LogP contribution in [0.15, 0.2) is 48.5 Å². The van der Waals surface area contributed by atoms with Gasteiger partial charge in [-0.15, -0.1) is 0 Å². The van der Waals surface area contributed by atoms with Crippen LogP contribution in [0.3, 0.4) is 0 Å². The first-order valence-electron chi connectivity index (χ1n) is 6.99. The molecule has 0 aromatic heterocycles. The van der Waals surface area contributed by atoms with Crippen LogP contribution in [0.25, 0.3) is 0 Å². The quantitative estimate of drug-likeness (QED) is 0.887. The molecule has 0 atom stereocenters. The van der Waals surface area contributed by atoms with Crippen LogP contribution < -0.4 is 5.73 Å². The first kappa shape index (κ1) is 19.2. The summed E-state index contributed by atoms with van der Waals surface area (Å²) in [4.78, 5) is 21.2. The molecule has 6 heteroatoms. The van der Waals surface area contributed by atoms with Crippen LogP contribution in [0.2, 0.25) is 5.02 Å². The second kappa shape index (κ2) is 8.14. The molecule has 5 nitrogen and oxygen atoms in total. The minimum absolute atomic E-state index is 0.0255. The number of hydrogen-bond acceptors (Lipinski definition) is 3. The van der Waals surface area contributed by atoms with Gasteiger partial charge < -0.3 is 10.8 Å². The van der Waals surface area contributed by atoms with E-state index in [0.717, 1.165) is 0 Å². The van der Waals surface area contributed by atoms with Crippen LogP contribution in [0.1, 0.15) is 40.1 Å². The van der Waals surface area contributed by atoms with E-state index in [1.54, 1.807) is 50.2 Å². The number of carbonyl (C=O) groups is 2. The Morgan fingerprint density at radius 2 is 1.71 bits per heavy atom. The van der Waals surface area contributed by atoms with E-state index in [9.17, 15) is 9.59 Å². The molecule has 2 aromatic rings. The lowest BCUT2D eigenvalue weighted by molar-refractivity contribution is 0.0696. The van der Waals surface area contributed by atoms with Crippen LogP contribution in [-0.4, -0.2) is 17.0 Å². The Morgan fingerprint density at radius 3 is 2.12 bits per heavy atom. The number of amides is 1. The standard InChI is InChI=1S/C11H10ClNO2.C7H7NO/c1-11(2,6-13)8-5-3-4-7(9(8)12)10(14)15;8-7(9)6-4-2-1-3-5-6/h3-5H,1-2H3,(H,14,15);1-5H,(H2,8,9). The number of benzene rings is 2. The molecule has 0 radical (unpaired) electrons. The fourth-order valence-electron chi connectivity index (χ4n) is 1.84. The van der Waals surface area contributed by atoms with Crippen LogP contribution in [0, 0.1) is 11.3 Å². The van der Waals surface area contributed by atoms with Crippen molar-refractivity contribution in [1.82, 2.24) is 0 Å². The predicted molar refractivity (Wildman–Crippen MR) is 92.0 cm³/mol. The van der Waals surface area contributed by atoms with Crippen molar-refractivity contribution in [3.63, 3.8) is 0 Å². The molecule has 3 N–H and O–H groups in total. The summed E-state index contributed by atoms with van der Waals surface area (Å²) in [5, 5.41) is 17.9. The molecule has 1 amide bonds. The summed E-state index contributed by atoms with van der Waals surface area (Å²) in [5.74, 6) is -1.47. The maximum absolute atomic E-state index is 10.8. The lowest BCUT2D eigenvalue weighted by Crippen LogP contribution is -2.16. The van der Waals surface area contributed by atoms with Crippen molar-refractivity contribution >= 4 is 23.5 Å². The fourth-order valence-corrected chi connectivity index (χ4v) is 2.29. The van der Waals surface area contributed by atoms with E-state index in [0.29, 0.717) is 11.1 Å². The van der Waals surface area contributed by atoms with Crippen molar-refractivity contribution in [2.75, 3.05) is 0 Å². The van der Waals surface area contributed by atoms with Gasteiger partial charge in [0.25, 0.3) is 0 Å². The minimum Gasteiger partial charge on any atom is -0.478 e. The third-order valence-electron chi connectivity index (χ3n) is 3.24. The maximum atomic E-state index is 10.8. The van der Waals surface area contributed by atoms with Crippen LogP contribution in [0.5, 0.6) is 0 Å². The molecule has 2 aromatic carbocycles. The zero-order chi connectivity index (χ0) is 18.3. The number of nitrogens with two attached hydrogens (primary N) is 1. The molecule has 0 saturated heterocycles. The molecular formula is C18H17ClN2O3. The fraction of sp³-hybridized carbons (Fsp3) is 0.167. The first-order chi connectivity index (χ1) is 11.2. The van der Waals surface area contributed by atoms with Crippen LogP contribution in [-0.2, 0) is 5.41 Å². The second-order valence-electron chi connectivity index (χ2n) is 5.44.